The second kappa shape index (κ2) is 10.3. The minimum Gasteiger partial charge on any atom is -0.493 e. The average molecular weight is 433 g/mol. The van der Waals surface area contributed by atoms with Crippen LogP contribution in [0.4, 0.5) is 5.69 Å². The lowest BCUT2D eigenvalue weighted by Crippen LogP contribution is -2.14. The van der Waals surface area contributed by atoms with Crippen molar-refractivity contribution in [2.45, 2.75) is 13.5 Å². The number of rotatable bonds is 7. The lowest BCUT2D eigenvalue weighted by molar-refractivity contribution is -0.112. The van der Waals surface area contributed by atoms with E-state index in [1.54, 1.807) is 37.4 Å². The highest BCUT2D eigenvalue weighted by atomic mass is 35.5. The third-order valence-electron chi connectivity index (χ3n) is 4.60. The van der Waals surface area contributed by atoms with Gasteiger partial charge in [-0.25, -0.2) is 0 Å². The van der Waals surface area contributed by atoms with Crippen LogP contribution < -0.4 is 14.8 Å². The Hall–Kier alpha value is -3.75. The number of para-hydroxylation sites is 1. The zero-order valence-electron chi connectivity index (χ0n) is 17.2. The zero-order valence-corrected chi connectivity index (χ0v) is 17.9. The number of hydrogen-bond donors (Lipinski definition) is 1. The molecule has 0 unspecified atom stereocenters. The van der Waals surface area contributed by atoms with Crippen molar-refractivity contribution in [3.63, 3.8) is 0 Å². The molecule has 0 aliphatic heterocycles. The quantitative estimate of drug-likeness (QED) is 0.379. The molecule has 0 aromatic heterocycles. The maximum Gasteiger partial charge on any atom is 0.266 e. The topological polar surface area (TPSA) is 71.3 Å². The zero-order chi connectivity index (χ0) is 22.2. The predicted octanol–water partition coefficient (Wildman–Crippen LogP) is 5.78. The molecule has 0 saturated heterocycles. The molecule has 1 amide bonds. The van der Waals surface area contributed by atoms with Crippen LogP contribution in [0.2, 0.25) is 5.02 Å². The standard InChI is InChI=1S/C25H21ClN2O3/c1-17-7-3-6-10-22(17)28-25(29)20(15-27)13-18-11-12-23(30-2)24(14-18)31-16-19-8-4-5-9-21(19)26/h3-14H,16H2,1-2H3,(H,28,29). The number of halogens is 1. The molecule has 0 spiro atoms. The van der Waals surface area contributed by atoms with E-state index in [2.05, 4.69) is 5.32 Å². The molecule has 0 heterocycles. The highest BCUT2D eigenvalue weighted by Crippen LogP contribution is 2.30. The molecule has 156 valence electrons. The Morgan fingerprint density at radius 1 is 1.10 bits per heavy atom. The summed E-state index contributed by atoms with van der Waals surface area (Å²) in [6.07, 6.45) is 1.51. The monoisotopic (exact) mass is 432 g/mol. The van der Waals surface area contributed by atoms with Crippen molar-refractivity contribution in [1.29, 1.82) is 5.26 Å². The summed E-state index contributed by atoms with van der Waals surface area (Å²) in [4.78, 5) is 12.6. The summed E-state index contributed by atoms with van der Waals surface area (Å²) in [5, 5.41) is 12.9. The van der Waals surface area contributed by atoms with Crippen molar-refractivity contribution >= 4 is 29.3 Å². The van der Waals surface area contributed by atoms with E-state index in [0.717, 1.165) is 11.1 Å². The van der Waals surface area contributed by atoms with Gasteiger partial charge >= 0.3 is 0 Å². The summed E-state index contributed by atoms with van der Waals surface area (Å²) in [7, 11) is 1.55. The number of benzene rings is 3. The van der Waals surface area contributed by atoms with Gasteiger partial charge in [-0.2, -0.15) is 5.26 Å². The van der Waals surface area contributed by atoms with Crippen molar-refractivity contribution in [2.75, 3.05) is 12.4 Å². The van der Waals surface area contributed by atoms with E-state index in [4.69, 9.17) is 21.1 Å². The Bertz CT molecular complexity index is 1170. The second-order valence-corrected chi connectivity index (χ2v) is 7.14. The summed E-state index contributed by atoms with van der Waals surface area (Å²) in [5.74, 6) is 0.533. The van der Waals surface area contributed by atoms with Crippen LogP contribution in [0.1, 0.15) is 16.7 Å². The Labute approximate surface area is 186 Å². The third kappa shape index (κ3) is 5.65. The molecule has 0 aliphatic rings. The number of amides is 1. The van der Waals surface area contributed by atoms with Gasteiger partial charge in [-0.1, -0.05) is 54.1 Å². The summed E-state index contributed by atoms with van der Waals surface area (Å²) >= 11 is 6.19. The summed E-state index contributed by atoms with van der Waals surface area (Å²) in [5.41, 5.74) is 3.01. The van der Waals surface area contributed by atoms with Gasteiger partial charge in [0.25, 0.3) is 5.91 Å². The minimum atomic E-state index is -0.480. The lowest BCUT2D eigenvalue weighted by atomic mass is 10.1. The predicted molar refractivity (Wildman–Crippen MR) is 122 cm³/mol. The van der Waals surface area contributed by atoms with Gasteiger partial charge in [0.2, 0.25) is 0 Å². The number of nitrogens with zero attached hydrogens (tertiary/aromatic N) is 1. The van der Waals surface area contributed by atoms with Crippen molar-refractivity contribution in [3.05, 3.63) is 94.0 Å². The molecule has 3 rings (SSSR count). The number of aryl methyl sites for hydroxylation is 1. The van der Waals surface area contributed by atoms with E-state index < -0.39 is 5.91 Å². The Morgan fingerprint density at radius 3 is 2.55 bits per heavy atom. The van der Waals surface area contributed by atoms with Gasteiger partial charge in [0.1, 0.15) is 18.2 Å². The first-order chi connectivity index (χ1) is 15.0. The van der Waals surface area contributed by atoms with Crippen molar-refractivity contribution < 1.29 is 14.3 Å². The van der Waals surface area contributed by atoms with Crippen molar-refractivity contribution in [3.8, 4) is 17.6 Å². The number of ether oxygens (including phenoxy) is 2. The fourth-order valence-corrected chi connectivity index (χ4v) is 3.08. The number of nitriles is 1. The molecule has 6 heteroatoms. The van der Waals surface area contributed by atoms with Crippen molar-refractivity contribution in [1.82, 2.24) is 0 Å². The fraction of sp³-hybridized carbons (Fsp3) is 0.120. The average Bonchev–Trinajstić information content (AvgIpc) is 2.78. The Kier molecular flexibility index (Phi) is 7.31. The van der Waals surface area contributed by atoms with E-state index in [0.29, 0.717) is 27.8 Å². The van der Waals surface area contributed by atoms with E-state index in [-0.39, 0.29) is 12.2 Å². The first-order valence-electron chi connectivity index (χ1n) is 9.55. The van der Waals surface area contributed by atoms with E-state index in [1.165, 1.54) is 6.08 Å². The smallest absolute Gasteiger partial charge is 0.266 e. The van der Waals surface area contributed by atoms with Crippen LogP contribution in [0.25, 0.3) is 6.08 Å². The Balaban J connectivity index is 1.82. The molecular weight excluding hydrogens is 412 g/mol. The van der Waals surface area contributed by atoms with Gasteiger partial charge in [0, 0.05) is 16.3 Å². The lowest BCUT2D eigenvalue weighted by Gasteiger charge is -2.12. The largest absolute Gasteiger partial charge is 0.493 e. The maximum absolute atomic E-state index is 12.6. The second-order valence-electron chi connectivity index (χ2n) is 6.73. The maximum atomic E-state index is 12.6. The van der Waals surface area contributed by atoms with E-state index >= 15 is 0 Å². The highest BCUT2D eigenvalue weighted by molar-refractivity contribution is 6.31. The molecule has 0 saturated carbocycles. The highest BCUT2D eigenvalue weighted by Gasteiger charge is 2.12. The van der Waals surface area contributed by atoms with Gasteiger partial charge in [-0.05, 0) is 48.4 Å². The molecular formula is C25H21ClN2O3. The van der Waals surface area contributed by atoms with E-state index in [9.17, 15) is 10.1 Å². The summed E-state index contributed by atoms with van der Waals surface area (Å²) in [6, 6.07) is 21.9. The van der Waals surface area contributed by atoms with Gasteiger partial charge in [-0.3, -0.25) is 4.79 Å². The van der Waals surface area contributed by atoms with Crippen LogP contribution >= 0.6 is 11.6 Å². The number of nitrogens with one attached hydrogen (secondary N) is 1. The number of hydrogen-bond acceptors (Lipinski definition) is 4. The van der Waals surface area contributed by atoms with Crippen LogP contribution in [0.3, 0.4) is 0 Å². The number of carbonyl (C=O) groups excluding carboxylic acids is 1. The van der Waals surface area contributed by atoms with Crippen LogP contribution in [-0.4, -0.2) is 13.0 Å². The van der Waals surface area contributed by atoms with Gasteiger partial charge < -0.3 is 14.8 Å². The molecule has 3 aromatic carbocycles. The molecule has 5 nitrogen and oxygen atoms in total. The minimum absolute atomic E-state index is 0.0227. The summed E-state index contributed by atoms with van der Waals surface area (Å²) < 4.78 is 11.3. The molecule has 0 radical (unpaired) electrons. The van der Waals surface area contributed by atoms with Crippen LogP contribution in [0.5, 0.6) is 11.5 Å². The van der Waals surface area contributed by atoms with Gasteiger partial charge in [0.15, 0.2) is 11.5 Å². The van der Waals surface area contributed by atoms with E-state index in [1.807, 2.05) is 49.4 Å². The fourth-order valence-electron chi connectivity index (χ4n) is 2.88. The van der Waals surface area contributed by atoms with Gasteiger partial charge in [0.05, 0.1) is 7.11 Å². The number of methoxy groups -OCH3 is 1. The van der Waals surface area contributed by atoms with Crippen molar-refractivity contribution in [2.24, 2.45) is 0 Å². The number of carbonyl (C=O) groups is 1. The first-order valence-corrected chi connectivity index (χ1v) is 9.92. The molecule has 0 aliphatic carbocycles. The molecule has 1 N–H and O–H groups in total. The third-order valence-corrected chi connectivity index (χ3v) is 4.97. The summed E-state index contributed by atoms with van der Waals surface area (Å²) in [6.45, 7) is 2.14. The normalized spacial score (nSPS) is 10.8. The number of anilines is 1. The van der Waals surface area contributed by atoms with Crippen LogP contribution in [0, 0.1) is 18.3 Å². The SMILES string of the molecule is COc1ccc(C=C(C#N)C(=O)Nc2ccccc2C)cc1OCc1ccccc1Cl. The van der Waals surface area contributed by atoms with Crippen LogP contribution in [-0.2, 0) is 11.4 Å². The molecule has 0 atom stereocenters. The first kappa shape index (κ1) is 21.9. The molecule has 0 fully saturated rings. The van der Waals surface area contributed by atoms with Crippen LogP contribution in [0.15, 0.2) is 72.3 Å². The molecule has 0 bridgehead atoms. The Morgan fingerprint density at radius 2 is 1.84 bits per heavy atom. The molecule has 31 heavy (non-hydrogen) atoms. The van der Waals surface area contributed by atoms with Gasteiger partial charge in [-0.15, -0.1) is 0 Å². The molecule has 3 aromatic rings.